The first-order valence-corrected chi connectivity index (χ1v) is 11.8. The average Bonchev–Trinajstić information content (AvgIpc) is 3.08. The molecule has 23 heavy (non-hydrogen) atoms. The van der Waals surface area contributed by atoms with Gasteiger partial charge in [-0.1, -0.05) is 19.6 Å². The minimum absolute atomic E-state index is 0.176. The number of rotatable bonds is 6. The maximum atomic E-state index is 11.4. The van der Waals surface area contributed by atoms with E-state index in [0.29, 0.717) is 13.2 Å². The minimum atomic E-state index is -1.06. The van der Waals surface area contributed by atoms with Crippen LogP contribution in [0.25, 0.3) is 16.7 Å². The average molecular weight is 329 g/mol. The molecule has 1 aliphatic rings. The zero-order valence-corrected chi connectivity index (χ0v) is 15.0. The summed E-state index contributed by atoms with van der Waals surface area (Å²) in [6.45, 7) is 8.32. The summed E-state index contributed by atoms with van der Waals surface area (Å²) < 4.78 is 7.76. The van der Waals surface area contributed by atoms with Gasteiger partial charge >= 0.3 is 0 Å². The van der Waals surface area contributed by atoms with Gasteiger partial charge in [0.25, 0.3) is 0 Å². The lowest BCUT2D eigenvalue weighted by Gasteiger charge is -2.15. The van der Waals surface area contributed by atoms with Crippen LogP contribution >= 0.6 is 0 Å². The predicted octanol–water partition coefficient (Wildman–Crippen LogP) is 3.49. The number of allylic oxidation sites excluding steroid dienone is 2. The summed E-state index contributed by atoms with van der Waals surface area (Å²) in [6, 6.07) is 3.11. The number of carbonyl (C=O) groups excluding carboxylic acids is 1. The van der Waals surface area contributed by atoms with Crippen molar-refractivity contribution in [1.82, 2.24) is 14.5 Å². The van der Waals surface area contributed by atoms with Gasteiger partial charge in [0.15, 0.2) is 11.4 Å². The summed E-state index contributed by atoms with van der Waals surface area (Å²) >= 11 is 0. The van der Waals surface area contributed by atoms with Crippen molar-refractivity contribution in [3.05, 3.63) is 30.2 Å². The van der Waals surface area contributed by atoms with E-state index in [9.17, 15) is 4.79 Å². The van der Waals surface area contributed by atoms with Crippen LogP contribution in [0.15, 0.2) is 24.5 Å². The van der Waals surface area contributed by atoms with Gasteiger partial charge in [-0.25, -0.2) is 9.97 Å². The number of ketones is 1. The Balaban J connectivity index is 1.69. The van der Waals surface area contributed by atoms with Gasteiger partial charge in [0.1, 0.15) is 12.2 Å². The second-order valence-electron chi connectivity index (χ2n) is 7.23. The summed E-state index contributed by atoms with van der Waals surface area (Å²) in [5.41, 5.74) is 3.47. The van der Waals surface area contributed by atoms with Crippen molar-refractivity contribution in [1.29, 1.82) is 0 Å². The molecule has 1 aliphatic carbocycles. The smallest absolute Gasteiger partial charge is 0.160 e. The third-order valence-corrected chi connectivity index (χ3v) is 5.70. The third-order valence-electron chi connectivity index (χ3n) is 4.00. The summed E-state index contributed by atoms with van der Waals surface area (Å²) in [4.78, 5) is 20.5. The van der Waals surface area contributed by atoms with E-state index in [0.717, 1.165) is 41.5 Å². The Kier molecular flexibility index (Phi) is 4.45. The first-order valence-electron chi connectivity index (χ1n) is 8.06. The Morgan fingerprint density at radius 2 is 2.13 bits per heavy atom. The molecular formula is C17H23N3O2Si. The maximum absolute atomic E-state index is 11.4. The van der Waals surface area contributed by atoms with Gasteiger partial charge in [-0.05, 0) is 30.2 Å². The highest BCUT2D eigenvalue weighted by Crippen LogP contribution is 2.25. The van der Waals surface area contributed by atoms with Crippen molar-refractivity contribution in [3.8, 4) is 0 Å². The van der Waals surface area contributed by atoms with Crippen molar-refractivity contribution >= 4 is 30.6 Å². The second-order valence-corrected chi connectivity index (χ2v) is 12.9. The standard InChI is InChI=1S/C17H23N3O2Si/c1-23(2,3)9-8-22-12-20-7-6-15-17(20)18-11-16(19-15)13-4-5-14(21)10-13/h6-7,10-11H,4-5,8-9,12H2,1-3H3. The molecule has 0 saturated heterocycles. The highest BCUT2D eigenvalue weighted by molar-refractivity contribution is 6.76. The molecule has 122 valence electrons. The number of hydrogen-bond acceptors (Lipinski definition) is 4. The fraction of sp³-hybridized carbons (Fsp3) is 0.471. The van der Waals surface area contributed by atoms with Crippen LogP contribution < -0.4 is 0 Å². The van der Waals surface area contributed by atoms with Crippen LogP contribution in [0.1, 0.15) is 18.5 Å². The highest BCUT2D eigenvalue weighted by atomic mass is 28.3. The molecule has 0 amide bonds. The minimum Gasteiger partial charge on any atom is -0.361 e. The van der Waals surface area contributed by atoms with Gasteiger partial charge < -0.3 is 9.30 Å². The second kappa shape index (κ2) is 6.37. The van der Waals surface area contributed by atoms with Crippen molar-refractivity contribution in [2.45, 2.75) is 45.3 Å². The molecular weight excluding hydrogens is 306 g/mol. The summed E-state index contributed by atoms with van der Waals surface area (Å²) in [7, 11) is -1.06. The third kappa shape index (κ3) is 3.94. The quantitative estimate of drug-likeness (QED) is 0.601. The van der Waals surface area contributed by atoms with E-state index in [1.165, 1.54) is 0 Å². The summed E-state index contributed by atoms with van der Waals surface area (Å²) in [5, 5.41) is 0. The zero-order valence-electron chi connectivity index (χ0n) is 14.0. The lowest BCUT2D eigenvalue weighted by atomic mass is 10.2. The molecule has 2 heterocycles. The van der Waals surface area contributed by atoms with Gasteiger partial charge in [0.05, 0.1) is 11.9 Å². The number of ether oxygens (including phenoxy) is 1. The zero-order chi connectivity index (χ0) is 16.4. The lowest BCUT2D eigenvalue weighted by molar-refractivity contribution is -0.114. The van der Waals surface area contributed by atoms with E-state index < -0.39 is 8.07 Å². The molecule has 0 fully saturated rings. The molecule has 0 spiro atoms. The molecule has 0 unspecified atom stereocenters. The van der Waals surface area contributed by atoms with E-state index in [-0.39, 0.29) is 5.78 Å². The van der Waals surface area contributed by atoms with Crippen LogP contribution in [0.4, 0.5) is 0 Å². The van der Waals surface area contributed by atoms with Crippen LogP contribution in [-0.4, -0.2) is 35.0 Å². The molecule has 5 nitrogen and oxygen atoms in total. The van der Waals surface area contributed by atoms with Gasteiger partial charge in [0.2, 0.25) is 0 Å². The monoisotopic (exact) mass is 329 g/mol. The van der Waals surface area contributed by atoms with Crippen molar-refractivity contribution in [2.75, 3.05) is 6.61 Å². The van der Waals surface area contributed by atoms with E-state index in [1.807, 2.05) is 16.8 Å². The van der Waals surface area contributed by atoms with Crippen LogP contribution in [0.2, 0.25) is 25.7 Å². The predicted molar refractivity (Wildman–Crippen MR) is 93.9 cm³/mol. The van der Waals surface area contributed by atoms with Gasteiger partial charge in [0, 0.05) is 27.3 Å². The number of carbonyl (C=O) groups is 1. The Morgan fingerprint density at radius 1 is 1.30 bits per heavy atom. The topological polar surface area (TPSA) is 57.0 Å². The lowest BCUT2D eigenvalue weighted by Crippen LogP contribution is -2.22. The molecule has 0 saturated carbocycles. The van der Waals surface area contributed by atoms with Gasteiger partial charge in [-0.2, -0.15) is 0 Å². The number of aromatic nitrogens is 3. The molecule has 2 aromatic heterocycles. The molecule has 6 heteroatoms. The van der Waals surface area contributed by atoms with E-state index in [2.05, 4.69) is 29.6 Å². The largest absolute Gasteiger partial charge is 0.361 e. The van der Waals surface area contributed by atoms with Crippen LogP contribution in [0.3, 0.4) is 0 Å². The Bertz CT molecular complexity index is 759. The van der Waals surface area contributed by atoms with E-state index in [4.69, 9.17) is 4.74 Å². The summed E-state index contributed by atoms with van der Waals surface area (Å²) in [5.74, 6) is 0.176. The van der Waals surface area contributed by atoms with E-state index >= 15 is 0 Å². The van der Waals surface area contributed by atoms with Gasteiger partial charge in [-0.3, -0.25) is 4.79 Å². The van der Waals surface area contributed by atoms with Crippen LogP contribution in [-0.2, 0) is 16.3 Å². The van der Waals surface area contributed by atoms with E-state index in [1.54, 1.807) is 12.3 Å². The molecule has 0 N–H and O–H groups in total. The SMILES string of the molecule is C[Si](C)(C)CCOCn1ccc2nc(C3=CC(=O)CC3)cnc21. The Morgan fingerprint density at radius 3 is 2.83 bits per heavy atom. The van der Waals surface area contributed by atoms with Crippen molar-refractivity contribution in [3.63, 3.8) is 0 Å². The van der Waals surface area contributed by atoms with Crippen molar-refractivity contribution < 1.29 is 9.53 Å². The highest BCUT2D eigenvalue weighted by Gasteiger charge is 2.16. The van der Waals surface area contributed by atoms with Gasteiger partial charge in [-0.15, -0.1) is 0 Å². The first-order chi connectivity index (χ1) is 10.9. The van der Waals surface area contributed by atoms with Crippen LogP contribution in [0.5, 0.6) is 0 Å². The Hall–Kier alpha value is -1.79. The molecule has 2 aromatic rings. The maximum Gasteiger partial charge on any atom is 0.160 e. The Labute approximate surface area is 137 Å². The normalized spacial score (nSPS) is 15.4. The number of hydrogen-bond donors (Lipinski definition) is 0. The number of fused-ring (bicyclic) bond motifs is 1. The summed E-state index contributed by atoms with van der Waals surface area (Å²) in [6.07, 6.45) is 6.75. The van der Waals surface area contributed by atoms with Crippen LogP contribution in [0, 0.1) is 0 Å². The molecule has 3 rings (SSSR count). The molecule has 0 radical (unpaired) electrons. The molecule has 0 bridgehead atoms. The van der Waals surface area contributed by atoms with Crippen molar-refractivity contribution in [2.24, 2.45) is 0 Å². The molecule has 0 aliphatic heterocycles. The molecule has 0 atom stereocenters. The molecule has 0 aromatic carbocycles. The fourth-order valence-corrected chi connectivity index (χ4v) is 3.32. The fourth-order valence-electron chi connectivity index (χ4n) is 2.56. The number of nitrogens with zero attached hydrogens (tertiary/aromatic N) is 3. The first kappa shape index (κ1) is 16.1.